The quantitative estimate of drug-likeness (QED) is 0.819. The van der Waals surface area contributed by atoms with Crippen LogP contribution in [-0.2, 0) is 4.74 Å². The Labute approximate surface area is 103 Å². The standard InChI is InChI=1S/C11H15N5O2/c17-11-14-13-10-4-3-9(15-16(10)11)12-6-5-8-2-1-7-18-8/h3-4,8H,1-2,5-7H2,(H,12,15)(H,14,17). The minimum Gasteiger partial charge on any atom is -0.378 e. The molecule has 0 aliphatic carbocycles. The molecule has 2 aromatic rings. The van der Waals surface area contributed by atoms with Gasteiger partial charge in [-0.05, 0) is 31.4 Å². The third kappa shape index (κ3) is 2.21. The largest absolute Gasteiger partial charge is 0.378 e. The van der Waals surface area contributed by atoms with Crippen molar-refractivity contribution in [3.8, 4) is 0 Å². The molecule has 2 N–H and O–H groups in total. The topological polar surface area (TPSA) is 84.3 Å². The lowest BCUT2D eigenvalue weighted by molar-refractivity contribution is 0.107. The van der Waals surface area contributed by atoms with E-state index in [9.17, 15) is 4.79 Å². The zero-order chi connectivity index (χ0) is 12.4. The summed E-state index contributed by atoms with van der Waals surface area (Å²) in [6.45, 7) is 1.66. The number of aromatic amines is 1. The van der Waals surface area contributed by atoms with Crippen molar-refractivity contribution in [2.24, 2.45) is 0 Å². The Kier molecular flexibility index (Phi) is 2.97. The first-order chi connectivity index (χ1) is 8.83. The second-order valence-electron chi connectivity index (χ2n) is 4.37. The van der Waals surface area contributed by atoms with Crippen molar-refractivity contribution in [1.29, 1.82) is 0 Å². The van der Waals surface area contributed by atoms with E-state index in [0.29, 0.717) is 17.6 Å². The fraction of sp³-hybridized carbons (Fsp3) is 0.545. The zero-order valence-corrected chi connectivity index (χ0v) is 9.93. The van der Waals surface area contributed by atoms with Gasteiger partial charge in [-0.15, -0.1) is 5.10 Å². The molecule has 1 aliphatic rings. The molecule has 3 rings (SSSR count). The van der Waals surface area contributed by atoms with E-state index in [1.165, 1.54) is 4.52 Å². The van der Waals surface area contributed by atoms with Gasteiger partial charge in [0.25, 0.3) is 0 Å². The van der Waals surface area contributed by atoms with Crippen LogP contribution in [0.25, 0.3) is 5.65 Å². The molecule has 96 valence electrons. The Hall–Kier alpha value is -1.89. The van der Waals surface area contributed by atoms with Crippen molar-refractivity contribution in [3.05, 3.63) is 22.6 Å². The highest BCUT2D eigenvalue weighted by molar-refractivity contribution is 5.42. The van der Waals surface area contributed by atoms with Crippen LogP contribution in [0.4, 0.5) is 5.82 Å². The molecule has 1 saturated heterocycles. The van der Waals surface area contributed by atoms with E-state index in [1.54, 1.807) is 6.07 Å². The van der Waals surface area contributed by atoms with Gasteiger partial charge in [-0.3, -0.25) is 0 Å². The lowest BCUT2D eigenvalue weighted by Gasteiger charge is -2.10. The maximum atomic E-state index is 11.3. The highest BCUT2D eigenvalue weighted by atomic mass is 16.5. The summed E-state index contributed by atoms with van der Waals surface area (Å²) in [5, 5.41) is 13.5. The first kappa shape index (κ1) is 11.2. The fourth-order valence-electron chi connectivity index (χ4n) is 2.13. The molecule has 0 spiro atoms. The Balaban J connectivity index is 1.63. The molecule has 0 amide bonds. The van der Waals surface area contributed by atoms with E-state index in [0.717, 1.165) is 32.4 Å². The van der Waals surface area contributed by atoms with E-state index >= 15 is 0 Å². The minimum atomic E-state index is -0.326. The van der Waals surface area contributed by atoms with E-state index in [2.05, 4.69) is 20.6 Å². The Morgan fingerprint density at radius 3 is 3.33 bits per heavy atom. The smallest absolute Gasteiger partial charge is 0.364 e. The molecule has 1 unspecified atom stereocenters. The van der Waals surface area contributed by atoms with E-state index < -0.39 is 0 Å². The predicted molar refractivity (Wildman–Crippen MR) is 65.7 cm³/mol. The van der Waals surface area contributed by atoms with Crippen LogP contribution in [0, 0.1) is 0 Å². The molecule has 1 atom stereocenters. The van der Waals surface area contributed by atoms with Gasteiger partial charge >= 0.3 is 5.69 Å². The molecule has 1 aliphatic heterocycles. The maximum Gasteiger partial charge on any atom is 0.364 e. The fourth-order valence-corrected chi connectivity index (χ4v) is 2.13. The summed E-state index contributed by atoms with van der Waals surface area (Å²) in [6.07, 6.45) is 3.60. The van der Waals surface area contributed by atoms with Crippen molar-refractivity contribution >= 4 is 11.5 Å². The van der Waals surface area contributed by atoms with Gasteiger partial charge in [0.2, 0.25) is 0 Å². The molecule has 0 bridgehead atoms. The third-order valence-electron chi connectivity index (χ3n) is 3.07. The van der Waals surface area contributed by atoms with Crippen molar-refractivity contribution in [1.82, 2.24) is 19.8 Å². The van der Waals surface area contributed by atoms with Gasteiger partial charge in [0.1, 0.15) is 5.82 Å². The molecule has 7 heteroatoms. The van der Waals surface area contributed by atoms with Crippen LogP contribution in [0.5, 0.6) is 0 Å². The highest BCUT2D eigenvalue weighted by Gasteiger charge is 2.14. The number of hydrogen-bond acceptors (Lipinski definition) is 5. The SMILES string of the molecule is O=c1[nH]nc2ccc(NCCC3CCCO3)nn12. The molecule has 2 aromatic heterocycles. The average Bonchev–Trinajstić information content (AvgIpc) is 3.01. The number of fused-ring (bicyclic) bond motifs is 1. The normalized spacial score (nSPS) is 19.4. The van der Waals surface area contributed by atoms with Gasteiger partial charge in [0.15, 0.2) is 5.65 Å². The summed E-state index contributed by atoms with van der Waals surface area (Å²) >= 11 is 0. The van der Waals surface area contributed by atoms with E-state index in [4.69, 9.17) is 4.74 Å². The maximum absolute atomic E-state index is 11.3. The van der Waals surface area contributed by atoms with Crippen molar-refractivity contribution in [3.63, 3.8) is 0 Å². The van der Waals surface area contributed by atoms with Gasteiger partial charge in [-0.2, -0.15) is 9.61 Å². The van der Waals surface area contributed by atoms with Crippen molar-refractivity contribution < 1.29 is 4.74 Å². The molecule has 0 saturated carbocycles. The Morgan fingerprint density at radius 1 is 1.56 bits per heavy atom. The number of ether oxygens (including phenoxy) is 1. The van der Waals surface area contributed by atoms with Gasteiger partial charge in [0, 0.05) is 13.2 Å². The number of rotatable bonds is 4. The van der Waals surface area contributed by atoms with Gasteiger partial charge in [0.05, 0.1) is 6.10 Å². The zero-order valence-electron chi connectivity index (χ0n) is 9.93. The van der Waals surface area contributed by atoms with Crippen LogP contribution >= 0.6 is 0 Å². The summed E-state index contributed by atoms with van der Waals surface area (Å²) in [5.41, 5.74) is 0.192. The van der Waals surface area contributed by atoms with Gasteiger partial charge in [-0.25, -0.2) is 9.89 Å². The minimum absolute atomic E-state index is 0.326. The molecule has 0 aromatic carbocycles. The second-order valence-corrected chi connectivity index (χ2v) is 4.37. The molecule has 1 fully saturated rings. The average molecular weight is 249 g/mol. The predicted octanol–water partition coefficient (Wildman–Crippen LogP) is 0.399. The lowest BCUT2D eigenvalue weighted by Crippen LogP contribution is -2.16. The lowest BCUT2D eigenvalue weighted by atomic mass is 10.2. The molecule has 18 heavy (non-hydrogen) atoms. The number of nitrogens with zero attached hydrogens (tertiary/aromatic N) is 3. The Morgan fingerprint density at radius 2 is 2.50 bits per heavy atom. The van der Waals surface area contributed by atoms with Crippen LogP contribution < -0.4 is 11.0 Å². The first-order valence-corrected chi connectivity index (χ1v) is 6.13. The number of hydrogen-bond donors (Lipinski definition) is 2. The number of nitrogens with one attached hydrogen (secondary N) is 2. The van der Waals surface area contributed by atoms with E-state index in [-0.39, 0.29) is 5.69 Å². The second kappa shape index (κ2) is 4.77. The first-order valence-electron chi connectivity index (χ1n) is 6.13. The summed E-state index contributed by atoms with van der Waals surface area (Å²) in [4.78, 5) is 11.3. The number of H-pyrrole nitrogens is 1. The highest BCUT2D eigenvalue weighted by Crippen LogP contribution is 2.15. The summed E-state index contributed by atoms with van der Waals surface area (Å²) in [7, 11) is 0. The van der Waals surface area contributed by atoms with Crippen LogP contribution in [0.15, 0.2) is 16.9 Å². The van der Waals surface area contributed by atoms with E-state index in [1.807, 2.05) is 6.07 Å². The summed E-state index contributed by atoms with van der Waals surface area (Å²) < 4.78 is 6.78. The van der Waals surface area contributed by atoms with Crippen molar-refractivity contribution in [2.45, 2.75) is 25.4 Å². The summed E-state index contributed by atoms with van der Waals surface area (Å²) in [6, 6.07) is 3.56. The number of aromatic nitrogens is 4. The van der Waals surface area contributed by atoms with Crippen molar-refractivity contribution in [2.75, 3.05) is 18.5 Å². The molecule has 7 nitrogen and oxygen atoms in total. The molecule has 0 radical (unpaired) electrons. The molecular formula is C11H15N5O2. The van der Waals surface area contributed by atoms with Crippen LogP contribution in [0.1, 0.15) is 19.3 Å². The third-order valence-corrected chi connectivity index (χ3v) is 3.07. The van der Waals surface area contributed by atoms with Crippen LogP contribution in [0.2, 0.25) is 0 Å². The van der Waals surface area contributed by atoms with Crippen LogP contribution in [0.3, 0.4) is 0 Å². The van der Waals surface area contributed by atoms with Crippen LogP contribution in [-0.4, -0.2) is 39.1 Å². The summed E-state index contributed by atoms with van der Waals surface area (Å²) in [5.74, 6) is 0.670. The molecular weight excluding hydrogens is 234 g/mol. The number of anilines is 1. The molecule has 3 heterocycles. The Bertz CT molecular complexity index is 584. The monoisotopic (exact) mass is 249 g/mol. The van der Waals surface area contributed by atoms with Gasteiger partial charge in [-0.1, -0.05) is 0 Å². The van der Waals surface area contributed by atoms with Gasteiger partial charge < -0.3 is 10.1 Å².